The van der Waals surface area contributed by atoms with Crippen molar-refractivity contribution in [3.8, 4) is 11.5 Å². The average molecular weight is 379 g/mol. The molecule has 0 atom stereocenters. The summed E-state index contributed by atoms with van der Waals surface area (Å²) in [6.45, 7) is -1.72. The summed E-state index contributed by atoms with van der Waals surface area (Å²) in [5.41, 5.74) is 2.18. The normalized spacial score (nSPS) is 15.4. The molecule has 2 N–H and O–H groups in total. The molecule has 0 heterocycles. The van der Waals surface area contributed by atoms with Crippen LogP contribution >= 0.6 is 0 Å². The Bertz CT molecular complexity index is 1080. The molecule has 0 radical (unpaired) electrons. The average Bonchev–Trinajstić information content (AvgIpc) is 2.79. The van der Waals surface area contributed by atoms with Crippen LogP contribution in [0.15, 0.2) is 78.9 Å². The number of ether oxygens (including phenoxy) is 1. The summed E-state index contributed by atoms with van der Waals surface area (Å²) in [6, 6.07) is 22.1. The highest BCUT2D eigenvalue weighted by molar-refractivity contribution is 5.98. The van der Waals surface area contributed by atoms with E-state index in [1.54, 1.807) is 66.7 Å². The molecule has 0 amide bonds. The summed E-state index contributed by atoms with van der Waals surface area (Å²) in [6.07, 6.45) is -2.65. The van der Waals surface area contributed by atoms with Gasteiger partial charge in [0.2, 0.25) is 0 Å². The van der Waals surface area contributed by atoms with E-state index in [1.165, 1.54) is 12.1 Å². The van der Waals surface area contributed by atoms with Crippen molar-refractivity contribution < 1.29 is 16.7 Å². The molecule has 0 spiro atoms. The van der Waals surface area contributed by atoms with Crippen molar-refractivity contribution in [3.05, 3.63) is 95.6 Å². The Morgan fingerprint density at radius 3 is 2.18 bits per heavy atom. The van der Waals surface area contributed by atoms with Crippen LogP contribution in [-0.4, -0.2) is 25.3 Å². The number of phenols is 1. The number of rotatable bonds is 8. The Kier molecular flexibility index (Phi) is 4.89. The molecule has 0 aliphatic rings. The third-order valence-electron chi connectivity index (χ3n) is 4.36. The van der Waals surface area contributed by atoms with Crippen LogP contribution in [0.2, 0.25) is 0 Å². The molecule has 0 aliphatic carbocycles. The molecule has 0 saturated heterocycles. The van der Waals surface area contributed by atoms with Crippen molar-refractivity contribution in [2.45, 2.75) is 13.2 Å². The zero-order valence-electron chi connectivity index (χ0n) is 20.8. The second-order valence-corrected chi connectivity index (χ2v) is 6.26. The van der Waals surface area contributed by atoms with E-state index < -0.39 is 13.2 Å². The van der Waals surface area contributed by atoms with Gasteiger partial charge in [-0.25, -0.2) is 0 Å². The quantitative estimate of drug-likeness (QED) is 0.409. The highest BCUT2D eigenvalue weighted by Gasteiger charge is 2.13. The molecule has 0 aliphatic heterocycles. The van der Waals surface area contributed by atoms with E-state index in [1.807, 2.05) is 7.05 Å². The monoisotopic (exact) mass is 378 g/mol. The first-order valence-corrected chi connectivity index (χ1v) is 9.12. The first kappa shape index (κ1) is 14.0. The van der Waals surface area contributed by atoms with Crippen molar-refractivity contribution in [2.24, 2.45) is 0 Å². The second-order valence-electron chi connectivity index (χ2n) is 6.26. The van der Waals surface area contributed by atoms with Crippen LogP contribution in [0.1, 0.15) is 36.8 Å². The zero-order valence-corrected chi connectivity index (χ0v) is 15.8. The van der Waals surface area contributed by atoms with Crippen LogP contribution in [0.25, 0.3) is 11.1 Å². The van der Waals surface area contributed by atoms with E-state index in [9.17, 15) is 5.11 Å². The van der Waals surface area contributed by atoms with Gasteiger partial charge in [0.05, 0.1) is 0 Å². The fraction of sp³-hybridized carbons (Fsp3) is 0.200. The molecule has 0 saturated carbocycles. The number of likely N-dealkylation sites (N-methyl/N-ethyl adjacent to an activating group) is 1. The van der Waals surface area contributed by atoms with Gasteiger partial charge in [-0.05, 0) is 65.5 Å². The highest BCUT2D eigenvalue weighted by atomic mass is 16.5. The third-order valence-corrected chi connectivity index (χ3v) is 4.36. The van der Waals surface area contributed by atoms with Gasteiger partial charge in [-0.2, -0.15) is 0 Å². The zero-order chi connectivity index (χ0) is 24.1. The Morgan fingerprint density at radius 2 is 1.57 bits per heavy atom. The molecule has 28 heavy (non-hydrogen) atoms. The van der Waals surface area contributed by atoms with Gasteiger partial charge in [-0.1, -0.05) is 61.4 Å². The Morgan fingerprint density at radius 1 is 0.929 bits per heavy atom. The summed E-state index contributed by atoms with van der Waals surface area (Å²) in [4.78, 5) is 0. The van der Waals surface area contributed by atoms with Crippen LogP contribution in [0.3, 0.4) is 0 Å². The summed E-state index contributed by atoms with van der Waals surface area (Å²) in [7, 11) is 1.84. The van der Waals surface area contributed by atoms with Gasteiger partial charge in [-0.3, -0.25) is 0 Å². The topological polar surface area (TPSA) is 41.5 Å². The number of benzene rings is 3. The highest BCUT2D eigenvalue weighted by Crippen LogP contribution is 2.35. The predicted molar refractivity (Wildman–Crippen MR) is 117 cm³/mol. The van der Waals surface area contributed by atoms with Crippen molar-refractivity contribution in [1.82, 2.24) is 5.32 Å². The number of nitrogens with one attached hydrogen (secondary N) is 1. The lowest BCUT2D eigenvalue weighted by molar-refractivity contribution is 0.318. The minimum Gasteiger partial charge on any atom is -0.508 e. The molecule has 3 aromatic carbocycles. The molecule has 3 heteroatoms. The van der Waals surface area contributed by atoms with E-state index in [4.69, 9.17) is 11.6 Å². The number of hydrogen-bond donors (Lipinski definition) is 2. The fourth-order valence-corrected chi connectivity index (χ4v) is 2.96. The molecular formula is C25H27NO2. The summed E-state index contributed by atoms with van der Waals surface area (Å²) < 4.78 is 46.9. The van der Waals surface area contributed by atoms with Crippen molar-refractivity contribution >= 4 is 11.1 Å². The fourth-order valence-electron chi connectivity index (χ4n) is 2.96. The third kappa shape index (κ3) is 4.81. The van der Waals surface area contributed by atoms with Gasteiger partial charge >= 0.3 is 0 Å². The van der Waals surface area contributed by atoms with Crippen LogP contribution in [0.4, 0.5) is 0 Å². The molecule has 3 rings (SSSR count). The lowest BCUT2D eigenvalue weighted by Gasteiger charge is -2.17. The number of phenolic OH excluding ortho intramolecular Hbond substituents is 1. The predicted octanol–water partition coefficient (Wildman–Crippen LogP) is 5.36. The van der Waals surface area contributed by atoms with E-state index in [-0.39, 0.29) is 11.3 Å². The molecule has 3 nitrogen and oxygen atoms in total. The number of hydrogen-bond acceptors (Lipinski definition) is 3. The van der Waals surface area contributed by atoms with Crippen LogP contribution in [0.5, 0.6) is 11.5 Å². The van der Waals surface area contributed by atoms with Crippen LogP contribution in [-0.2, 0) is 0 Å². The Hall–Kier alpha value is -3.04. The smallest absolute Gasteiger partial charge is 0.119 e. The first-order valence-electron chi connectivity index (χ1n) is 11.6. The van der Waals surface area contributed by atoms with Gasteiger partial charge in [0.25, 0.3) is 0 Å². The van der Waals surface area contributed by atoms with Gasteiger partial charge in [0.15, 0.2) is 0 Å². The molecule has 0 fully saturated rings. The van der Waals surface area contributed by atoms with Gasteiger partial charge < -0.3 is 15.2 Å². The van der Waals surface area contributed by atoms with Crippen molar-refractivity contribution in [2.75, 3.05) is 20.2 Å². The maximum atomic E-state index is 9.79. The summed E-state index contributed by atoms with van der Waals surface area (Å²) >= 11 is 0. The van der Waals surface area contributed by atoms with E-state index in [0.717, 1.165) is 0 Å². The first-order chi connectivity index (χ1) is 15.6. The van der Waals surface area contributed by atoms with Crippen LogP contribution in [0, 0.1) is 0 Å². The van der Waals surface area contributed by atoms with E-state index in [0.29, 0.717) is 41.2 Å². The molecule has 3 aromatic rings. The van der Waals surface area contributed by atoms with E-state index >= 15 is 0 Å². The van der Waals surface area contributed by atoms with Crippen LogP contribution < -0.4 is 10.1 Å². The minimum atomic E-state index is -2.91. The van der Waals surface area contributed by atoms with Gasteiger partial charge in [0, 0.05) is 13.4 Å². The maximum absolute atomic E-state index is 9.79. The summed E-state index contributed by atoms with van der Waals surface area (Å²) in [5.74, 6) is 0.714. The lowest BCUT2D eigenvalue weighted by atomic mass is 9.88. The SMILES string of the molecule is [2H]C([2H])([2H])C([2H])([2H])C(=C(c1ccc(O)cc1)c1ccc(OCCNC)cc1)c1ccccc1. The molecule has 144 valence electrons. The standard InChI is InChI=1S/C25H27NO2/c1-3-24(19-7-5-4-6-8-19)25(20-9-13-22(27)14-10-20)21-11-15-23(16-12-21)28-18-17-26-2/h4-16,26-27H,3,17-18H2,1-2H3/i1D3,3D2. The maximum Gasteiger partial charge on any atom is 0.119 e. The van der Waals surface area contributed by atoms with E-state index in [2.05, 4.69) is 5.32 Å². The van der Waals surface area contributed by atoms with Gasteiger partial charge in [0.1, 0.15) is 18.1 Å². The molecule has 0 aromatic heterocycles. The molecule has 0 bridgehead atoms. The van der Waals surface area contributed by atoms with Crippen molar-refractivity contribution in [3.63, 3.8) is 0 Å². The van der Waals surface area contributed by atoms with Gasteiger partial charge in [-0.15, -0.1) is 0 Å². The largest absolute Gasteiger partial charge is 0.508 e. The number of allylic oxidation sites excluding steroid dienone is 1. The van der Waals surface area contributed by atoms with Crippen molar-refractivity contribution in [1.29, 1.82) is 0 Å². The number of aromatic hydroxyl groups is 1. The minimum absolute atomic E-state index is 0.0534. The molecular weight excluding hydrogens is 346 g/mol. The molecule has 0 unspecified atom stereocenters. The Balaban J connectivity index is 2.28. The lowest BCUT2D eigenvalue weighted by Crippen LogP contribution is -2.15. The Labute approximate surface area is 174 Å². The summed E-state index contributed by atoms with van der Waals surface area (Å²) in [5, 5.41) is 12.8. The second kappa shape index (κ2) is 9.77.